The number of anilines is 3. The number of aryl methyl sites for hydroxylation is 1. The van der Waals surface area contributed by atoms with Crippen molar-refractivity contribution in [1.82, 2.24) is 9.88 Å². The second kappa shape index (κ2) is 14.1. The molecule has 47 heavy (non-hydrogen) atoms. The van der Waals surface area contributed by atoms with Crippen LogP contribution < -0.4 is 16.4 Å². The van der Waals surface area contributed by atoms with Crippen molar-refractivity contribution in [3.05, 3.63) is 94.4 Å². The van der Waals surface area contributed by atoms with Crippen molar-refractivity contribution in [2.75, 3.05) is 30.0 Å². The number of likely N-dealkylation sites (N-methyl/N-ethyl adjacent to an activating group) is 1. The molecule has 3 aromatic carbocycles. The molecule has 5 N–H and O–H groups in total. The summed E-state index contributed by atoms with van der Waals surface area (Å²) in [5.41, 5.74) is 11.9. The van der Waals surface area contributed by atoms with Gasteiger partial charge in [-0.25, -0.2) is 14.2 Å². The maximum absolute atomic E-state index is 15.2. The normalized spacial score (nSPS) is 18.2. The Morgan fingerprint density at radius 1 is 1.15 bits per heavy atom. The number of aliphatic carboxylic acids is 1. The summed E-state index contributed by atoms with van der Waals surface area (Å²) in [6, 6.07) is 15.7. The number of fused-ring (bicyclic) bond motifs is 10. The Bertz CT molecular complexity index is 1820. The maximum atomic E-state index is 15.2. The lowest BCUT2D eigenvalue weighted by Gasteiger charge is -2.28. The number of hydrogen-bond acceptors (Lipinski definition) is 7. The van der Waals surface area contributed by atoms with E-state index in [1.165, 1.54) is 25.1 Å². The number of aromatic nitrogens is 1. The van der Waals surface area contributed by atoms with Crippen LogP contribution in [0.4, 0.5) is 26.4 Å². The summed E-state index contributed by atoms with van der Waals surface area (Å²) in [4.78, 5) is 41.6. The predicted molar refractivity (Wildman–Crippen MR) is 180 cm³/mol. The minimum atomic E-state index is -0.833. The molecule has 0 saturated heterocycles. The molecule has 11 heteroatoms. The van der Waals surface area contributed by atoms with Gasteiger partial charge in [0, 0.05) is 44.0 Å². The van der Waals surface area contributed by atoms with Gasteiger partial charge in [-0.05, 0) is 95.6 Å². The molecule has 3 heterocycles. The lowest BCUT2D eigenvalue weighted by atomic mass is 9.92. The molecule has 0 spiro atoms. The van der Waals surface area contributed by atoms with Gasteiger partial charge in [0.2, 0.25) is 5.91 Å². The van der Waals surface area contributed by atoms with Crippen LogP contribution in [0.5, 0.6) is 0 Å². The lowest BCUT2D eigenvalue weighted by Crippen LogP contribution is -2.35. The fraction of sp³-hybridized carbons (Fsp3) is 0.333. The number of benzene rings is 3. The van der Waals surface area contributed by atoms with Gasteiger partial charge in [-0.1, -0.05) is 31.2 Å². The van der Waals surface area contributed by atoms with Crippen LogP contribution in [0.1, 0.15) is 66.5 Å². The van der Waals surface area contributed by atoms with Crippen molar-refractivity contribution < 1.29 is 28.6 Å². The number of carboxylic acids is 1. The zero-order chi connectivity index (χ0) is 33.8. The first-order chi connectivity index (χ1) is 22.4. The summed E-state index contributed by atoms with van der Waals surface area (Å²) in [6.07, 6.45) is 4.35. The first-order valence-electron chi connectivity index (χ1n) is 15.6. The van der Waals surface area contributed by atoms with Crippen LogP contribution in [0.3, 0.4) is 0 Å². The molecule has 10 nitrogen and oxygen atoms in total. The Morgan fingerprint density at radius 3 is 2.60 bits per heavy atom. The van der Waals surface area contributed by atoms with E-state index in [1.807, 2.05) is 50.2 Å². The number of nitrogens with zero attached hydrogens (tertiary/aromatic N) is 2. The number of nitrogens with two attached hydrogens (primary N) is 1. The van der Waals surface area contributed by atoms with Crippen molar-refractivity contribution in [1.29, 1.82) is 0 Å². The zero-order valence-electron chi connectivity index (χ0n) is 27.0. The first-order valence-corrected chi connectivity index (χ1v) is 15.6. The Labute approximate surface area is 273 Å². The molecule has 7 rings (SSSR count). The van der Waals surface area contributed by atoms with Gasteiger partial charge >= 0.3 is 6.09 Å². The molecule has 2 atom stereocenters. The van der Waals surface area contributed by atoms with Crippen LogP contribution in [0, 0.1) is 18.7 Å². The fourth-order valence-electron chi connectivity index (χ4n) is 5.94. The third-order valence-electron chi connectivity index (χ3n) is 8.47. The second-order valence-corrected chi connectivity index (χ2v) is 12.4. The van der Waals surface area contributed by atoms with E-state index in [-0.39, 0.29) is 29.6 Å². The van der Waals surface area contributed by atoms with E-state index in [9.17, 15) is 9.59 Å². The molecule has 2 aliphatic heterocycles. The molecule has 1 saturated carbocycles. The highest BCUT2D eigenvalue weighted by Crippen LogP contribution is 2.35. The summed E-state index contributed by atoms with van der Waals surface area (Å²) in [5, 5.41) is 14.4. The lowest BCUT2D eigenvalue weighted by molar-refractivity contribution is -0.134. The molecule has 2 amide bonds. The van der Waals surface area contributed by atoms with E-state index in [1.54, 1.807) is 24.1 Å². The number of amides is 2. The smallest absolute Gasteiger partial charge is 0.411 e. The number of hydrogen-bond donors (Lipinski definition) is 4. The molecular weight excluding hydrogens is 601 g/mol. The standard InChI is InChI=1S/C34H36FN5O3.C2H4O2/c1-19-12-24-7-9-28(19)20(2)18-43-34(42)39-26-8-6-22(13-21-4-5-21)25(15-26)17-40(3)33(41)31(24)38-27-14-23-10-11-37-32(36)30(23)29(35)16-27;1-2(3)4/h6-12,14-16,20-21,31,38H,4-5,13,17-18H2,1-3H3,(H2,36,37)(H,39,42);1H3,(H,3,4)/t20-,31+;/m0./s1. The number of halogens is 1. The van der Waals surface area contributed by atoms with Gasteiger partial charge in [0.05, 0.1) is 12.0 Å². The van der Waals surface area contributed by atoms with Crippen LogP contribution in [-0.2, 0) is 27.3 Å². The summed E-state index contributed by atoms with van der Waals surface area (Å²) >= 11 is 0. The van der Waals surface area contributed by atoms with Crippen LogP contribution in [0.25, 0.3) is 10.8 Å². The third-order valence-corrected chi connectivity index (χ3v) is 8.47. The number of nitrogens with one attached hydrogen (secondary N) is 2. The van der Waals surface area contributed by atoms with Crippen LogP contribution in [0.15, 0.2) is 60.8 Å². The highest BCUT2D eigenvalue weighted by atomic mass is 19.1. The van der Waals surface area contributed by atoms with E-state index in [4.69, 9.17) is 20.4 Å². The average Bonchev–Trinajstić information content (AvgIpc) is 3.83. The van der Waals surface area contributed by atoms with Gasteiger partial charge in [-0.2, -0.15) is 0 Å². The van der Waals surface area contributed by atoms with Crippen LogP contribution >= 0.6 is 0 Å². The number of nitrogen functional groups attached to an aromatic ring is 1. The van der Waals surface area contributed by atoms with E-state index in [0.29, 0.717) is 29.2 Å². The minimum absolute atomic E-state index is 0.0670. The molecule has 4 aromatic rings. The molecule has 1 aliphatic carbocycles. The molecule has 0 radical (unpaired) electrons. The Hall–Kier alpha value is -5.19. The molecular formula is C36H40FN5O5. The van der Waals surface area contributed by atoms with Crippen molar-refractivity contribution in [3.63, 3.8) is 0 Å². The minimum Gasteiger partial charge on any atom is -0.481 e. The summed E-state index contributed by atoms with van der Waals surface area (Å²) < 4.78 is 20.8. The number of pyridine rings is 1. The average molecular weight is 642 g/mol. The summed E-state index contributed by atoms with van der Waals surface area (Å²) in [6.45, 7) is 5.60. The highest BCUT2D eigenvalue weighted by Gasteiger charge is 2.28. The van der Waals surface area contributed by atoms with Gasteiger partial charge in [0.1, 0.15) is 17.7 Å². The zero-order valence-corrected chi connectivity index (χ0v) is 27.0. The largest absolute Gasteiger partial charge is 0.481 e. The van der Waals surface area contributed by atoms with E-state index >= 15 is 4.39 Å². The van der Waals surface area contributed by atoms with Gasteiger partial charge in [0.25, 0.3) is 5.97 Å². The van der Waals surface area contributed by atoms with E-state index < -0.39 is 23.9 Å². The van der Waals surface area contributed by atoms with Crippen molar-refractivity contribution in [2.45, 2.75) is 58.5 Å². The van der Waals surface area contributed by atoms with Gasteiger partial charge in [-0.15, -0.1) is 0 Å². The molecule has 246 valence electrons. The summed E-state index contributed by atoms with van der Waals surface area (Å²) in [7, 11) is 1.77. The molecule has 0 unspecified atom stereocenters. The Kier molecular flexibility index (Phi) is 9.93. The first kappa shape index (κ1) is 33.2. The van der Waals surface area contributed by atoms with Gasteiger partial charge in [0.15, 0.2) is 0 Å². The second-order valence-electron chi connectivity index (χ2n) is 12.4. The number of carbonyl (C=O) groups excluding carboxylic acids is 2. The maximum Gasteiger partial charge on any atom is 0.411 e. The predicted octanol–water partition coefficient (Wildman–Crippen LogP) is 6.79. The van der Waals surface area contributed by atoms with Crippen molar-refractivity contribution in [3.8, 4) is 0 Å². The van der Waals surface area contributed by atoms with Crippen molar-refractivity contribution >= 4 is 45.9 Å². The SMILES string of the molecule is CC(=O)O.Cc1cc2ccc1[C@@H](C)COC(=O)Nc1ccc(CC3CC3)c(c1)CN(C)C(=O)[C@@H]2Nc1cc(F)c2c(N)nccc2c1. The van der Waals surface area contributed by atoms with Crippen LogP contribution in [-0.4, -0.2) is 46.6 Å². The molecule has 1 aromatic heterocycles. The monoisotopic (exact) mass is 641 g/mol. The molecule has 4 bridgehead atoms. The van der Waals surface area contributed by atoms with Crippen molar-refractivity contribution in [2.24, 2.45) is 5.92 Å². The quantitative estimate of drug-likeness (QED) is 0.191. The fourth-order valence-corrected chi connectivity index (χ4v) is 5.94. The third kappa shape index (κ3) is 8.16. The Morgan fingerprint density at radius 2 is 1.89 bits per heavy atom. The number of carbonyl (C=O) groups is 3. The van der Waals surface area contributed by atoms with Crippen LogP contribution in [0.2, 0.25) is 0 Å². The van der Waals surface area contributed by atoms with E-state index in [2.05, 4.69) is 15.6 Å². The molecule has 1 fully saturated rings. The topological polar surface area (TPSA) is 147 Å². The number of ether oxygens (including phenoxy) is 1. The number of rotatable bonds is 4. The summed E-state index contributed by atoms with van der Waals surface area (Å²) in [5.74, 6) is -0.819. The molecule has 3 aliphatic rings. The van der Waals surface area contributed by atoms with E-state index in [0.717, 1.165) is 41.2 Å². The highest BCUT2D eigenvalue weighted by molar-refractivity contribution is 5.94. The van der Waals surface area contributed by atoms with Gasteiger partial charge in [-0.3, -0.25) is 14.9 Å². The van der Waals surface area contributed by atoms with Gasteiger partial charge < -0.3 is 25.8 Å². The Balaban J connectivity index is 0.00000103. The number of carboxylic acid groups (broad SMARTS) is 1.